The van der Waals surface area contributed by atoms with Crippen molar-refractivity contribution in [2.24, 2.45) is 0 Å². The van der Waals surface area contributed by atoms with Gasteiger partial charge in [-0.15, -0.1) is 10.2 Å². The van der Waals surface area contributed by atoms with Crippen molar-refractivity contribution in [2.75, 3.05) is 18.2 Å². The number of rotatable bonds is 7. The van der Waals surface area contributed by atoms with Gasteiger partial charge in [0.2, 0.25) is 5.91 Å². The molecule has 0 fully saturated rings. The summed E-state index contributed by atoms with van der Waals surface area (Å²) in [5.74, 6) is 1.48. The van der Waals surface area contributed by atoms with Crippen LogP contribution in [0, 0.1) is 6.92 Å². The van der Waals surface area contributed by atoms with Gasteiger partial charge in [0, 0.05) is 22.0 Å². The summed E-state index contributed by atoms with van der Waals surface area (Å²) in [6.07, 6.45) is 0. The van der Waals surface area contributed by atoms with E-state index in [1.807, 2.05) is 60.0 Å². The minimum atomic E-state index is -0.136. The van der Waals surface area contributed by atoms with E-state index in [2.05, 4.69) is 15.5 Å². The van der Waals surface area contributed by atoms with Gasteiger partial charge in [-0.2, -0.15) is 0 Å². The minimum Gasteiger partial charge on any atom is -0.497 e. The normalized spacial score (nSPS) is 10.7. The molecule has 3 aromatic carbocycles. The summed E-state index contributed by atoms with van der Waals surface area (Å²) >= 11 is 7.40. The predicted octanol–water partition coefficient (Wildman–Crippen LogP) is 5.64. The fourth-order valence-electron chi connectivity index (χ4n) is 3.08. The maximum atomic E-state index is 12.5. The fourth-order valence-corrected chi connectivity index (χ4v) is 3.96. The Morgan fingerprint density at radius 3 is 2.34 bits per heavy atom. The number of aryl methyl sites for hydroxylation is 1. The van der Waals surface area contributed by atoms with Crippen molar-refractivity contribution in [3.05, 3.63) is 83.4 Å². The zero-order chi connectivity index (χ0) is 22.5. The molecule has 0 aliphatic carbocycles. The molecule has 0 spiro atoms. The third-order valence-electron chi connectivity index (χ3n) is 4.73. The Hall–Kier alpha value is -3.29. The van der Waals surface area contributed by atoms with E-state index in [1.54, 1.807) is 31.4 Å². The number of thioether (sulfide) groups is 1. The lowest BCUT2D eigenvalue weighted by molar-refractivity contribution is -0.113. The number of aromatic nitrogens is 3. The lowest BCUT2D eigenvalue weighted by atomic mass is 10.1. The van der Waals surface area contributed by atoms with Gasteiger partial charge in [-0.25, -0.2) is 0 Å². The predicted molar refractivity (Wildman–Crippen MR) is 129 cm³/mol. The van der Waals surface area contributed by atoms with Crippen LogP contribution >= 0.6 is 23.4 Å². The number of methoxy groups -OCH3 is 1. The monoisotopic (exact) mass is 464 g/mol. The van der Waals surface area contributed by atoms with E-state index in [4.69, 9.17) is 16.3 Å². The summed E-state index contributed by atoms with van der Waals surface area (Å²) in [5, 5.41) is 12.9. The molecule has 1 heterocycles. The van der Waals surface area contributed by atoms with Crippen LogP contribution < -0.4 is 10.1 Å². The number of halogens is 1. The van der Waals surface area contributed by atoms with Gasteiger partial charge in [0.1, 0.15) is 5.75 Å². The van der Waals surface area contributed by atoms with Crippen molar-refractivity contribution in [2.45, 2.75) is 12.1 Å². The number of nitrogens with zero attached hydrogens (tertiary/aromatic N) is 3. The first kappa shape index (κ1) is 21.9. The molecule has 0 aliphatic heterocycles. The van der Waals surface area contributed by atoms with Crippen LogP contribution in [-0.2, 0) is 4.79 Å². The Morgan fingerprint density at radius 2 is 1.69 bits per heavy atom. The topological polar surface area (TPSA) is 69.0 Å². The molecule has 6 nitrogen and oxygen atoms in total. The summed E-state index contributed by atoms with van der Waals surface area (Å²) in [6.45, 7) is 2.04. The van der Waals surface area contributed by atoms with Crippen molar-refractivity contribution >= 4 is 35.0 Å². The van der Waals surface area contributed by atoms with E-state index >= 15 is 0 Å². The average Bonchev–Trinajstić information content (AvgIpc) is 3.23. The second-order valence-electron chi connectivity index (χ2n) is 7.05. The molecular weight excluding hydrogens is 444 g/mol. The first-order valence-electron chi connectivity index (χ1n) is 9.88. The minimum absolute atomic E-state index is 0.136. The highest BCUT2D eigenvalue weighted by atomic mass is 35.5. The molecule has 0 unspecified atom stereocenters. The smallest absolute Gasteiger partial charge is 0.234 e. The molecule has 0 bridgehead atoms. The van der Waals surface area contributed by atoms with Gasteiger partial charge in [-0.1, -0.05) is 53.2 Å². The van der Waals surface area contributed by atoms with Gasteiger partial charge in [0.15, 0.2) is 11.0 Å². The van der Waals surface area contributed by atoms with Crippen LogP contribution in [0.3, 0.4) is 0 Å². The third kappa shape index (κ3) is 5.12. The number of hydrogen-bond acceptors (Lipinski definition) is 5. The standard InChI is InChI=1S/C24H21ClN4O2S/c1-16-3-5-17(6-4-16)23-27-28-24(29(23)20-11-7-18(25)8-12-20)32-15-22(30)26-19-9-13-21(31-2)14-10-19/h3-14H,15H2,1-2H3,(H,26,30). The second-order valence-corrected chi connectivity index (χ2v) is 8.43. The summed E-state index contributed by atoms with van der Waals surface area (Å²) in [5.41, 5.74) is 3.67. The third-order valence-corrected chi connectivity index (χ3v) is 5.92. The van der Waals surface area contributed by atoms with Gasteiger partial charge in [0.25, 0.3) is 0 Å². The Bertz CT molecular complexity index is 1210. The van der Waals surface area contributed by atoms with E-state index in [0.717, 1.165) is 22.6 Å². The maximum Gasteiger partial charge on any atom is 0.234 e. The van der Waals surface area contributed by atoms with Gasteiger partial charge in [-0.3, -0.25) is 9.36 Å². The number of hydrogen-bond donors (Lipinski definition) is 1. The van der Waals surface area contributed by atoms with Crippen LogP contribution in [0.5, 0.6) is 5.75 Å². The Balaban J connectivity index is 1.56. The first-order chi connectivity index (χ1) is 15.5. The number of benzene rings is 3. The molecule has 0 saturated carbocycles. The van der Waals surface area contributed by atoms with Crippen LogP contribution in [0.15, 0.2) is 78.0 Å². The number of anilines is 1. The molecule has 1 N–H and O–H groups in total. The van der Waals surface area contributed by atoms with Crippen LogP contribution in [0.1, 0.15) is 5.56 Å². The van der Waals surface area contributed by atoms with Gasteiger partial charge in [0.05, 0.1) is 12.9 Å². The van der Waals surface area contributed by atoms with Crippen LogP contribution in [0.2, 0.25) is 5.02 Å². The van der Waals surface area contributed by atoms with Crippen LogP contribution in [-0.4, -0.2) is 33.5 Å². The molecule has 0 saturated heterocycles. The van der Waals surface area contributed by atoms with E-state index in [9.17, 15) is 4.79 Å². The van der Waals surface area contributed by atoms with Crippen molar-refractivity contribution in [3.63, 3.8) is 0 Å². The lowest BCUT2D eigenvalue weighted by Crippen LogP contribution is -2.14. The molecular formula is C24H21ClN4O2S. The van der Waals surface area contributed by atoms with Crippen molar-refractivity contribution in [3.8, 4) is 22.8 Å². The lowest BCUT2D eigenvalue weighted by Gasteiger charge is -2.11. The van der Waals surface area contributed by atoms with Gasteiger partial charge < -0.3 is 10.1 Å². The SMILES string of the molecule is COc1ccc(NC(=O)CSc2nnc(-c3ccc(C)cc3)n2-c2ccc(Cl)cc2)cc1. The van der Waals surface area contributed by atoms with E-state index in [-0.39, 0.29) is 11.7 Å². The summed E-state index contributed by atoms with van der Waals surface area (Å²) in [6, 6.07) is 22.7. The molecule has 0 aliphatic rings. The summed E-state index contributed by atoms with van der Waals surface area (Å²) in [4.78, 5) is 12.5. The zero-order valence-electron chi connectivity index (χ0n) is 17.6. The quantitative estimate of drug-likeness (QED) is 0.359. The van der Waals surface area contributed by atoms with Crippen LogP contribution in [0.25, 0.3) is 17.1 Å². The van der Waals surface area contributed by atoms with E-state index in [0.29, 0.717) is 21.7 Å². The number of ether oxygens (including phenoxy) is 1. The molecule has 0 radical (unpaired) electrons. The first-order valence-corrected chi connectivity index (χ1v) is 11.2. The highest BCUT2D eigenvalue weighted by molar-refractivity contribution is 7.99. The highest BCUT2D eigenvalue weighted by Crippen LogP contribution is 2.29. The summed E-state index contributed by atoms with van der Waals surface area (Å²) < 4.78 is 7.08. The van der Waals surface area contributed by atoms with Crippen molar-refractivity contribution < 1.29 is 9.53 Å². The highest BCUT2D eigenvalue weighted by Gasteiger charge is 2.17. The van der Waals surface area contributed by atoms with Gasteiger partial charge in [-0.05, 0) is 55.5 Å². The molecule has 4 rings (SSSR count). The Labute approximate surface area is 195 Å². The zero-order valence-corrected chi connectivity index (χ0v) is 19.2. The average molecular weight is 465 g/mol. The molecule has 162 valence electrons. The van der Waals surface area contributed by atoms with E-state index in [1.165, 1.54) is 11.8 Å². The summed E-state index contributed by atoms with van der Waals surface area (Å²) in [7, 11) is 1.60. The maximum absolute atomic E-state index is 12.5. The largest absolute Gasteiger partial charge is 0.497 e. The van der Waals surface area contributed by atoms with E-state index < -0.39 is 0 Å². The second kappa shape index (κ2) is 9.89. The molecule has 1 amide bonds. The number of amides is 1. The Kier molecular flexibility index (Phi) is 6.78. The molecule has 4 aromatic rings. The van der Waals surface area contributed by atoms with Crippen LogP contribution in [0.4, 0.5) is 5.69 Å². The Morgan fingerprint density at radius 1 is 1.00 bits per heavy atom. The molecule has 8 heteroatoms. The fraction of sp³-hybridized carbons (Fsp3) is 0.125. The molecule has 32 heavy (non-hydrogen) atoms. The molecule has 0 atom stereocenters. The number of nitrogens with one attached hydrogen (secondary N) is 1. The number of carbonyl (C=O) groups excluding carboxylic acids is 1. The van der Waals surface area contributed by atoms with Gasteiger partial charge >= 0.3 is 0 Å². The number of carbonyl (C=O) groups is 1. The van der Waals surface area contributed by atoms with Crippen molar-refractivity contribution in [1.82, 2.24) is 14.8 Å². The molecule has 1 aromatic heterocycles. The van der Waals surface area contributed by atoms with Crippen molar-refractivity contribution in [1.29, 1.82) is 0 Å².